The van der Waals surface area contributed by atoms with Crippen LogP contribution in [0.25, 0.3) is 21.6 Å². The Morgan fingerprint density at radius 2 is 1.93 bits per heavy atom. The highest BCUT2D eigenvalue weighted by atomic mass is 32.1. The zero-order valence-corrected chi connectivity index (χ0v) is 16.5. The molecule has 0 aliphatic heterocycles. The molecule has 0 bridgehead atoms. The molecule has 8 heteroatoms. The van der Waals surface area contributed by atoms with E-state index in [1.807, 2.05) is 48.5 Å². The second-order valence-corrected chi connectivity index (χ2v) is 7.46. The number of nitrogens with one attached hydrogen (secondary N) is 1. The summed E-state index contributed by atoms with van der Waals surface area (Å²) >= 11 is 1.51. The van der Waals surface area contributed by atoms with E-state index < -0.39 is 0 Å². The van der Waals surface area contributed by atoms with Crippen LogP contribution in [0, 0.1) is 0 Å². The van der Waals surface area contributed by atoms with Crippen molar-refractivity contribution < 1.29 is 9.32 Å². The average Bonchev–Trinajstić information content (AvgIpc) is 3.44. The highest BCUT2D eigenvalue weighted by molar-refractivity contribution is 7.16. The van der Waals surface area contributed by atoms with Crippen LogP contribution in [0.5, 0.6) is 0 Å². The van der Waals surface area contributed by atoms with Gasteiger partial charge in [0.25, 0.3) is 5.91 Å². The molecule has 1 N–H and O–H groups in total. The van der Waals surface area contributed by atoms with Crippen LogP contribution >= 0.6 is 11.3 Å². The highest BCUT2D eigenvalue weighted by Gasteiger charge is 2.14. The fourth-order valence-electron chi connectivity index (χ4n) is 3.10. The van der Waals surface area contributed by atoms with E-state index in [-0.39, 0.29) is 5.91 Å². The molecular formula is C22H15N5O2S. The van der Waals surface area contributed by atoms with E-state index in [2.05, 4.69) is 25.4 Å². The summed E-state index contributed by atoms with van der Waals surface area (Å²) in [6, 6.07) is 16.7. The quantitative estimate of drug-likeness (QED) is 0.453. The van der Waals surface area contributed by atoms with Gasteiger partial charge in [-0.05, 0) is 42.0 Å². The maximum absolute atomic E-state index is 12.8. The number of para-hydroxylation sites is 1. The maximum Gasteiger partial charge on any atom is 0.255 e. The van der Waals surface area contributed by atoms with Crippen molar-refractivity contribution in [3.63, 3.8) is 0 Å². The minimum absolute atomic E-state index is 0.180. The normalized spacial score (nSPS) is 10.9. The summed E-state index contributed by atoms with van der Waals surface area (Å²) in [5.41, 5.74) is 5.66. The molecule has 3 heterocycles. The molecule has 3 aromatic heterocycles. The van der Waals surface area contributed by atoms with Crippen LogP contribution in [0.3, 0.4) is 0 Å². The van der Waals surface area contributed by atoms with Crippen LogP contribution in [0.4, 0.5) is 5.69 Å². The number of carbonyl (C=O) groups is 1. The molecule has 5 aromatic rings. The van der Waals surface area contributed by atoms with Gasteiger partial charge in [-0.25, -0.2) is 4.98 Å². The van der Waals surface area contributed by atoms with Gasteiger partial charge < -0.3 is 9.84 Å². The van der Waals surface area contributed by atoms with Gasteiger partial charge in [0.05, 0.1) is 22.1 Å². The summed E-state index contributed by atoms with van der Waals surface area (Å²) in [7, 11) is 0. The Hall–Kier alpha value is -3.91. The van der Waals surface area contributed by atoms with E-state index in [9.17, 15) is 4.79 Å². The predicted molar refractivity (Wildman–Crippen MR) is 114 cm³/mol. The second-order valence-electron chi connectivity index (χ2n) is 6.57. The monoisotopic (exact) mass is 413 g/mol. The first-order chi connectivity index (χ1) is 14.8. The van der Waals surface area contributed by atoms with Gasteiger partial charge in [-0.1, -0.05) is 23.4 Å². The largest absolute Gasteiger partial charge is 0.339 e. The van der Waals surface area contributed by atoms with Crippen LogP contribution in [0.1, 0.15) is 21.8 Å². The number of hydrogen-bond donors (Lipinski definition) is 1. The van der Waals surface area contributed by atoms with Gasteiger partial charge in [0, 0.05) is 29.2 Å². The highest BCUT2D eigenvalue weighted by Crippen LogP contribution is 2.23. The van der Waals surface area contributed by atoms with Gasteiger partial charge in [-0.15, -0.1) is 11.3 Å². The van der Waals surface area contributed by atoms with Crippen LogP contribution < -0.4 is 5.32 Å². The number of thiazole rings is 1. The third-order valence-electron chi connectivity index (χ3n) is 4.61. The van der Waals surface area contributed by atoms with Gasteiger partial charge in [0.1, 0.15) is 0 Å². The van der Waals surface area contributed by atoms with E-state index in [1.165, 1.54) is 11.3 Å². The number of carbonyl (C=O) groups excluding carboxylic acids is 1. The topological polar surface area (TPSA) is 93.8 Å². The third kappa shape index (κ3) is 3.68. The Morgan fingerprint density at radius 1 is 1.07 bits per heavy atom. The molecule has 146 valence electrons. The molecule has 0 spiro atoms. The number of aromatic nitrogens is 4. The molecular weight excluding hydrogens is 398 g/mol. The number of benzene rings is 2. The first kappa shape index (κ1) is 18.1. The Morgan fingerprint density at radius 3 is 2.83 bits per heavy atom. The zero-order chi connectivity index (χ0) is 20.3. The fourth-order valence-corrected chi connectivity index (χ4v) is 3.81. The fraction of sp³-hybridized carbons (Fsp3) is 0.0455. The Balaban J connectivity index is 1.36. The standard InChI is InChI=1S/C22H15N5O2S/c28-22(16-5-6-18-19(11-16)30-13-24-18)25-17-4-2-1-3-15(17)12-20-26-21(27-29-20)14-7-9-23-10-8-14/h1-11,13H,12H2,(H,25,28). The smallest absolute Gasteiger partial charge is 0.255 e. The van der Waals surface area contributed by atoms with Crippen molar-refractivity contribution in [1.29, 1.82) is 0 Å². The Labute approximate surface area is 175 Å². The molecule has 5 rings (SSSR count). The molecule has 0 unspecified atom stereocenters. The Bertz CT molecular complexity index is 1330. The summed E-state index contributed by atoms with van der Waals surface area (Å²) in [6.07, 6.45) is 3.77. The number of pyridine rings is 1. The van der Waals surface area contributed by atoms with E-state index in [4.69, 9.17) is 4.52 Å². The SMILES string of the molecule is O=C(Nc1ccccc1Cc1nc(-c2ccncc2)no1)c1ccc2ncsc2c1. The van der Waals surface area contributed by atoms with Gasteiger partial charge in [-0.3, -0.25) is 9.78 Å². The maximum atomic E-state index is 12.8. The van der Waals surface area contributed by atoms with Crippen LogP contribution in [0.15, 0.2) is 77.0 Å². The summed E-state index contributed by atoms with van der Waals surface area (Å²) in [5.74, 6) is 0.794. The molecule has 0 saturated carbocycles. The van der Waals surface area contributed by atoms with Crippen molar-refractivity contribution in [2.24, 2.45) is 0 Å². The lowest BCUT2D eigenvalue weighted by molar-refractivity contribution is 0.102. The molecule has 0 atom stereocenters. The van der Waals surface area contributed by atoms with Crippen molar-refractivity contribution in [3.8, 4) is 11.4 Å². The molecule has 0 aliphatic rings. The number of fused-ring (bicyclic) bond motifs is 1. The number of hydrogen-bond acceptors (Lipinski definition) is 7. The predicted octanol–water partition coefficient (Wildman–Crippen LogP) is 4.58. The second kappa shape index (κ2) is 7.84. The summed E-state index contributed by atoms with van der Waals surface area (Å²) < 4.78 is 6.38. The molecule has 7 nitrogen and oxygen atoms in total. The van der Waals surface area contributed by atoms with Gasteiger partial charge in [0.2, 0.25) is 11.7 Å². The van der Waals surface area contributed by atoms with E-state index in [0.717, 1.165) is 21.3 Å². The molecule has 0 radical (unpaired) electrons. The van der Waals surface area contributed by atoms with Gasteiger partial charge in [-0.2, -0.15) is 4.98 Å². The lowest BCUT2D eigenvalue weighted by Gasteiger charge is -2.10. The summed E-state index contributed by atoms with van der Waals surface area (Å²) in [4.78, 5) is 25.5. The van der Waals surface area contributed by atoms with Crippen molar-refractivity contribution in [1.82, 2.24) is 20.1 Å². The number of amides is 1. The van der Waals surface area contributed by atoms with Crippen molar-refractivity contribution in [2.45, 2.75) is 6.42 Å². The van der Waals surface area contributed by atoms with E-state index in [1.54, 1.807) is 24.0 Å². The van der Waals surface area contributed by atoms with Crippen molar-refractivity contribution in [3.05, 3.63) is 89.5 Å². The molecule has 30 heavy (non-hydrogen) atoms. The third-order valence-corrected chi connectivity index (χ3v) is 5.40. The summed E-state index contributed by atoms with van der Waals surface area (Å²) in [5, 5.41) is 7.03. The molecule has 0 saturated heterocycles. The van der Waals surface area contributed by atoms with E-state index in [0.29, 0.717) is 29.4 Å². The lowest BCUT2D eigenvalue weighted by Crippen LogP contribution is -2.13. The van der Waals surface area contributed by atoms with E-state index >= 15 is 0 Å². The lowest BCUT2D eigenvalue weighted by atomic mass is 10.1. The zero-order valence-electron chi connectivity index (χ0n) is 15.6. The minimum atomic E-state index is -0.180. The van der Waals surface area contributed by atoms with Gasteiger partial charge >= 0.3 is 0 Å². The molecule has 0 fully saturated rings. The Kier molecular flexibility index (Phi) is 4.74. The average molecular weight is 413 g/mol. The summed E-state index contributed by atoms with van der Waals surface area (Å²) in [6.45, 7) is 0. The first-order valence-electron chi connectivity index (χ1n) is 9.22. The van der Waals surface area contributed by atoms with Crippen molar-refractivity contribution >= 4 is 33.1 Å². The number of nitrogens with zero attached hydrogens (tertiary/aromatic N) is 4. The van der Waals surface area contributed by atoms with Gasteiger partial charge in [0.15, 0.2) is 0 Å². The van der Waals surface area contributed by atoms with Crippen molar-refractivity contribution in [2.75, 3.05) is 5.32 Å². The molecule has 0 aliphatic carbocycles. The molecule has 1 amide bonds. The number of anilines is 1. The minimum Gasteiger partial charge on any atom is -0.339 e. The van der Waals surface area contributed by atoms with Crippen LogP contribution in [-0.4, -0.2) is 26.0 Å². The number of rotatable bonds is 5. The first-order valence-corrected chi connectivity index (χ1v) is 10.1. The molecule has 2 aromatic carbocycles. The van der Waals surface area contributed by atoms with Crippen LogP contribution in [-0.2, 0) is 6.42 Å². The van der Waals surface area contributed by atoms with Crippen LogP contribution in [0.2, 0.25) is 0 Å².